The first-order valence-corrected chi connectivity index (χ1v) is 10.4. The van der Waals surface area contributed by atoms with Crippen molar-refractivity contribution in [2.24, 2.45) is 5.41 Å². The molecule has 0 aliphatic carbocycles. The maximum Gasteiger partial charge on any atom is 0.229 e. The van der Waals surface area contributed by atoms with E-state index in [2.05, 4.69) is 51.3 Å². The maximum atomic E-state index is 13.3. The standard InChI is InChI=1S/C25H28N4O/c1-28(2)24(30)25(10-13-29(19-25)18-21-7-4-11-26-16-21)15-20-6-3-8-22(14-20)23-9-5-12-27-17-23/h3-9,11-12,14,16-17H,10,13,15,18-19H2,1-2H3/t25-/m1/s1. The van der Waals surface area contributed by atoms with Crippen LogP contribution in [0.4, 0.5) is 0 Å². The van der Waals surface area contributed by atoms with Gasteiger partial charge in [0, 0.05) is 52.0 Å². The smallest absolute Gasteiger partial charge is 0.229 e. The highest BCUT2D eigenvalue weighted by Crippen LogP contribution is 2.37. The van der Waals surface area contributed by atoms with Crippen LogP contribution >= 0.6 is 0 Å². The molecule has 3 aromatic rings. The zero-order valence-electron chi connectivity index (χ0n) is 17.7. The fraction of sp³-hybridized carbons (Fsp3) is 0.320. The van der Waals surface area contributed by atoms with Crippen molar-refractivity contribution in [1.29, 1.82) is 0 Å². The number of benzene rings is 1. The molecule has 1 fully saturated rings. The van der Waals surface area contributed by atoms with E-state index < -0.39 is 5.41 Å². The molecule has 1 atom stereocenters. The number of carbonyl (C=O) groups excluding carboxylic acids is 1. The molecule has 5 nitrogen and oxygen atoms in total. The van der Waals surface area contributed by atoms with E-state index in [9.17, 15) is 4.79 Å². The van der Waals surface area contributed by atoms with Crippen LogP contribution in [0.1, 0.15) is 17.5 Å². The molecular formula is C25H28N4O. The molecule has 4 rings (SSSR count). The summed E-state index contributed by atoms with van der Waals surface area (Å²) >= 11 is 0. The lowest BCUT2D eigenvalue weighted by Gasteiger charge is -2.31. The third kappa shape index (κ3) is 4.41. The molecule has 2 aromatic heterocycles. The van der Waals surface area contributed by atoms with Gasteiger partial charge in [-0.25, -0.2) is 0 Å². The Bertz CT molecular complexity index is 990. The lowest BCUT2D eigenvalue weighted by Crippen LogP contribution is -2.43. The van der Waals surface area contributed by atoms with E-state index in [1.807, 2.05) is 38.6 Å². The molecule has 1 amide bonds. The first-order chi connectivity index (χ1) is 14.6. The molecule has 5 heteroatoms. The van der Waals surface area contributed by atoms with E-state index in [1.165, 1.54) is 11.1 Å². The first kappa shape index (κ1) is 20.2. The second-order valence-electron chi connectivity index (χ2n) is 8.42. The monoisotopic (exact) mass is 400 g/mol. The molecule has 0 unspecified atom stereocenters. The third-order valence-corrected chi connectivity index (χ3v) is 5.89. The van der Waals surface area contributed by atoms with Crippen molar-refractivity contribution in [2.75, 3.05) is 27.2 Å². The molecule has 0 spiro atoms. The Morgan fingerprint density at radius 3 is 2.43 bits per heavy atom. The largest absolute Gasteiger partial charge is 0.348 e. The van der Waals surface area contributed by atoms with Gasteiger partial charge in [0.2, 0.25) is 5.91 Å². The zero-order valence-corrected chi connectivity index (χ0v) is 17.7. The Kier molecular flexibility index (Phi) is 5.91. The number of rotatable bonds is 6. The zero-order chi connectivity index (χ0) is 21.0. The Morgan fingerprint density at radius 2 is 1.73 bits per heavy atom. The van der Waals surface area contributed by atoms with Gasteiger partial charge in [-0.05, 0) is 53.8 Å². The van der Waals surface area contributed by atoms with Crippen molar-refractivity contribution in [3.05, 3.63) is 84.4 Å². The lowest BCUT2D eigenvalue weighted by molar-refractivity contribution is -0.138. The molecule has 0 saturated carbocycles. The summed E-state index contributed by atoms with van der Waals surface area (Å²) < 4.78 is 0. The van der Waals surface area contributed by atoms with E-state index in [1.54, 1.807) is 17.3 Å². The summed E-state index contributed by atoms with van der Waals surface area (Å²) in [4.78, 5) is 25.9. The van der Waals surface area contributed by atoms with Crippen molar-refractivity contribution < 1.29 is 4.79 Å². The van der Waals surface area contributed by atoms with Crippen molar-refractivity contribution in [3.63, 3.8) is 0 Å². The SMILES string of the molecule is CN(C)C(=O)[C@@]1(Cc2cccc(-c3cccnc3)c2)CCN(Cc2cccnc2)C1. The number of carbonyl (C=O) groups is 1. The average molecular weight is 401 g/mol. The van der Waals surface area contributed by atoms with Gasteiger partial charge in [-0.3, -0.25) is 19.7 Å². The summed E-state index contributed by atoms with van der Waals surface area (Å²) in [5.41, 5.74) is 4.20. The number of nitrogens with zero attached hydrogens (tertiary/aromatic N) is 4. The van der Waals surface area contributed by atoms with Gasteiger partial charge in [-0.1, -0.05) is 36.4 Å². The van der Waals surface area contributed by atoms with Gasteiger partial charge in [0.1, 0.15) is 0 Å². The van der Waals surface area contributed by atoms with Crippen molar-refractivity contribution in [1.82, 2.24) is 19.8 Å². The van der Waals surface area contributed by atoms with E-state index >= 15 is 0 Å². The third-order valence-electron chi connectivity index (χ3n) is 5.89. The van der Waals surface area contributed by atoms with Crippen LogP contribution in [-0.2, 0) is 17.8 Å². The van der Waals surface area contributed by atoms with Gasteiger partial charge in [0.25, 0.3) is 0 Å². The van der Waals surface area contributed by atoms with Crippen LogP contribution in [0.15, 0.2) is 73.3 Å². The molecule has 30 heavy (non-hydrogen) atoms. The van der Waals surface area contributed by atoms with Gasteiger partial charge >= 0.3 is 0 Å². The van der Waals surface area contributed by atoms with E-state index in [0.717, 1.165) is 43.6 Å². The highest BCUT2D eigenvalue weighted by molar-refractivity contribution is 5.83. The molecule has 1 saturated heterocycles. The number of hydrogen-bond donors (Lipinski definition) is 0. The van der Waals surface area contributed by atoms with Crippen LogP contribution in [0, 0.1) is 5.41 Å². The van der Waals surface area contributed by atoms with Crippen LogP contribution in [0.5, 0.6) is 0 Å². The summed E-state index contributed by atoms with van der Waals surface area (Å²) in [6.45, 7) is 2.50. The molecular weight excluding hydrogens is 372 g/mol. The van der Waals surface area contributed by atoms with Gasteiger partial charge in [0.15, 0.2) is 0 Å². The van der Waals surface area contributed by atoms with Crippen LogP contribution in [0.2, 0.25) is 0 Å². The Hall–Kier alpha value is -3.05. The molecule has 3 heterocycles. The van der Waals surface area contributed by atoms with Crippen LogP contribution in [-0.4, -0.2) is 52.9 Å². The number of amides is 1. The van der Waals surface area contributed by atoms with Gasteiger partial charge < -0.3 is 4.90 Å². The van der Waals surface area contributed by atoms with Crippen LogP contribution < -0.4 is 0 Å². The minimum atomic E-state index is -0.404. The van der Waals surface area contributed by atoms with Gasteiger partial charge in [0.05, 0.1) is 5.41 Å². The first-order valence-electron chi connectivity index (χ1n) is 10.4. The highest BCUT2D eigenvalue weighted by atomic mass is 16.2. The van der Waals surface area contributed by atoms with Crippen molar-refractivity contribution in [2.45, 2.75) is 19.4 Å². The molecule has 1 aliphatic heterocycles. The second-order valence-corrected chi connectivity index (χ2v) is 8.42. The summed E-state index contributed by atoms with van der Waals surface area (Å²) in [6.07, 6.45) is 8.97. The van der Waals surface area contributed by atoms with Crippen molar-refractivity contribution in [3.8, 4) is 11.1 Å². The van der Waals surface area contributed by atoms with Crippen LogP contribution in [0.3, 0.4) is 0 Å². The minimum Gasteiger partial charge on any atom is -0.348 e. The molecule has 1 aromatic carbocycles. The Morgan fingerprint density at radius 1 is 1.00 bits per heavy atom. The van der Waals surface area contributed by atoms with E-state index in [4.69, 9.17) is 0 Å². The number of aromatic nitrogens is 2. The Balaban J connectivity index is 1.57. The molecule has 0 bridgehead atoms. The lowest BCUT2D eigenvalue weighted by atomic mass is 9.79. The van der Waals surface area contributed by atoms with Gasteiger partial charge in [-0.15, -0.1) is 0 Å². The summed E-state index contributed by atoms with van der Waals surface area (Å²) in [5, 5.41) is 0. The number of likely N-dealkylation sites (tertiary alicyclic amines) is 1. The highest BCUT2D eigenvalue weighted by Gasteiger charge is 2.45. The summed E-state index contributed by atoms with van der Waals surface area (Å²) in [5.74, 6) is 0.211. The molecule has 154 valence electrons. The van der Waals surface area contributed by atoms with E-state index in [0.29, 0.717) is 0 Å². The quantitative estimate of drug-likeness (QED) is 0.634. The predicted molar refractivity (Wildman–Crippen MR) is 119 cm³/mol. The topological polar surface area (TPSA) is 49.3 Å². The number of pyridine rings is 2. The maximum absolute atomic E-state index is 13.3. The fourth-order valence-electron chi connectivity index (χ4n) is 4.50. The minimum absolute atomic E-state index is 0.211. The molecule has 0 N–H and O–H groups in total. The number of hydrogen-bond acceptors (Lipinski definition) is 4. The van der Waals surface area contributed by atoms with Gasteiger partial charge in [-0.2, -0.15) is 0 Å². The average Bonchev–Trinajstić information content (AvgIpc) is 3.18. The summed E-state index contributed by atoms with van der Waals surface area (Å²) in [7, 11) is 3.72. The van der Waals surface area contributed by atoms with E-state index in [-0.39, 0.29) is 5.91 Å². The normalized spacial score (nSPS) is 19.0. The van der Waals surface area contributed by atoms with Crippen LogP contribution in [0.25, 0.3) is 11.1 Å². The second kappa shape index (κ2) is 8.76. The fourth-order valence-corrected chi connectivity index (χ4v) is 4.50. The Labute approximate surface area is 178 Å². The molecule has 1 aliphatic rings. The molecule has 0 radical (unpaired) electrons. The predicted octanol–water partition coefficient (Wildman–Crippen LogP) is 3.67. The summed E-state index contributed by atoms with van der Waals surface area (Å²) in [6, 6.07) is 16.6. The van der Waals surface area contributed by atoms with Crippen molar-refractivity contribution >= 4 is 5.91 Å².